The van der Waals surface area contributed by atoms with Crippen LogP contribution in [0.1, 0.15) is 22.6 Å². The number of rotatable bonds is 5. The molecule has 1 amide bonds. The summed E-state index contributed by atoms with van der Waals surface area (Å²) in [6, 6.07) is 7.74. The van der Waals surface area contributed by atoms with Crippen molar-refractivity contribution in [2.24, 2.45) is 0 Å². The number of anilines is 1. The summed E-state index contributed by atoms with van der Waals surface area (Å²) in [6.07, 6.45) is 1.54. The van der Waals surface area contributed by atoms with E-state index in [1.807, 2.05) is 49.7 Å². The van der Waals surface area contributed by atoms with Crippen molar-refractivity contribution >= 4 is 39.1 Å². The van der Waals surface area contributed by atoms with Crippen molar-refractivity contribution < 1.29 is 4.79 Å². The Morgan fingerprint density at radius 1 is 1.23 bits per heavy atom. The molecule has 0 spiro atoms. The number of aryl methyl sites for hydroxylation is 1. The van der Waals surface area contributed by atoms with Gasteiger partial charge in [0, 0.05) is 5.69 Å². The second-order valence-corrected chi connectivity index (χ2v) is 7.33. The van der Waals surface area contributed by atoms with E-state index in [9.17, 15) is 4.79 Å². The molecule has 136 valence electrons. The van der Waals surface area contributed by atoms with Gasteiger partial charge in [0.25, 0.3) is 0 Å². The van der Waals surface area contributed by atoms with Crippen molar-refractivity contribution in [3.8, 4) is 0 Å². The standard InChI is InChI=1S/C18H19BrClN5O/c1-11-18(19)13(3)25(23-11)9-14-5-4-6-15(7-14)22-17(26)10-24-12(2)16(20)8-21-24/h4-8H,9-10H2,1-3H3,(H,22,26). The molecule has 0 aliphatic heterocycles. The zero-order valence-corrected chi connectivity index (χ0v) is 17.1. The van der Waals surface area contributed by atoms with E-state index in [0.717, 1.165) is 32.8 Å². The van der Waals surface area contributed by atoms with Gasteiger partial charge in [-0.3, -0.25) is 14.2 Å². The number of halogens is 2. The highest BCUT2D eigenvalue weighted by molar-refractivity contribution is 9.10. The molecule has 1 aromatic carbocycles. The monoisotopic (exact) mass is 435 g/mol. The molecule has 0 aliphatic rings. The van der Waals surface area contributed by atoms with Gasteiger partial charge in [-0.2, -0.15) is 10.2 Å². The molecular weight excluding hydrogens is 418 g/mol. The van der Waals surface area contributed by atoms with E-state index in [-0.39, 0.29) is 12.5 Å². The van der Waals surface area contributed by atoms with Gasteiger partial charge < -0.3 is 5.32 Å². The fourth-order valence-electron chi connectivity index (χ4n) is 2.67. The van der Waals surface area contributed by atoms with Gasteiger partial charge >= 0.3 is 0 Å². The second-order valence-electron chi connectivity index (χ2n) is 6.13. The molecule has 3 aromatic rings. The molecule has 0 radical (unpaired) electrons. The summed E-state index contributed by atoms with van der Waals surface area (Å²) in [5.74, 6) is -0.154. The molecule has 2 heterocycles. The number of aromatic nitrogens is 4. The van der Waals surface area contributed by atoms with Crippen LogP contribution in [0.5, 0.6) is 0 Å². The topological polar surface area (TPSA) is 64.7 Å². The molecule has 0 unspecified atom stereocenters. The minimum atomic E-state index is -0.154. The Labute approximate surface area is 165 Å². The smallest absolute Gasteiger partial charge is 0.246 e. The van der Waals surface area contributed by atoms with Gasteiger partial charge in [0.05, 0.1) is 39.3 Å². The van der Waals surface area contributed by atoms with Crippen LogP contribution in [-0.4, -0.2) is 25.5 Å². The van der Waals surface area contributed by atoms with E-state index in [2.05, 4.69) is 31.4 Å². The van der Waals surface area contributed by atoms with E-state index < -0.39 is 0 Å². The highest BCUT2D eigenvalue weighted by atomic mass is 79.9. The van der Waals surface area contributed by atoms with Crippen LogP contribution in [0.3, 0.4) is 0 Å². The van der Waals surface area contributed by atoms with E-state index in [1.165, 1.54) is 6.20 Å². The minimum absolute atomic E-state index is 0.118. The molecule has 2 aromatic heterocycles. The van der Waals surface area contributed by atoms with Crippen LogP contribution in [0.25, 0.3) is 0 Å². The van der Waals surface area contributed by atoms with Gasteiger partial charge in [0.1, 0.15) is 6.54 Å². The normalized spacial score (nSPS) is 11.0. The quantitative estimate of drug-likeness (QED) is 0.654. The number of nitrogens with one attached hydrogen (secondary N) is 1. The Morgan fingerprint density at radius 3 is 2.62 bits per heavy atom. The van der Waals surface area contributed by atoms with Gasteiger partial charge in [0.2, 0.25) is 5.91 Å². The van der Waals surface area contributed by atoms with Crippen LogP contribution in [0.2, 0.25) is 5.02 Å². The zero-order chi connectivity index (χ0) is 18.8. The molecule has 3 rings (SSSR count). The van der Waals surface area contributed by atoms with Crippen molar-refractivity contribution in [1.29, 1.82) is 0 Å². The summed E-state index contributed by atoms with van der Waals surface area (Å²) in [7, 11) is 0. The van der Waals surface area contributed by atoms with E-state index >= 15 is 0 Å². The van der Waals surface area contributed by atoms with E-state index in [1.54, 1.807) is 4.68 Å². The molecule has 0 bridgehead atoms. The first-order valence-electron chi connectivity index (χ1n) is 8.11. The SMILES string of the molecule is Cc1nn(Cc2cccc(NC(=O)Cn3ncc(Cl)c3C)c2)c(C)c1Br. The van der Waals surface area contributed by atoms with Gasteiger partial charge in [-0.25, -0.2) is 0 Å². The molecule has 26 heavy (non-hydrogen) atoms. The van der Waals surface area contributed by atoms with Gasteiger partial charge in [-0.05, 0) is 54.4 Å². The first-order valence-corrected chi connectivity index (χ1v) is 9.28. The highest BCUT2D eigenvalue weighted by Crippen LogP contribution is 2.21. The van der Waals surface area contributed by atoms with Crippen molar-refractivity contribution in [1.82, 2.24) is 19.6 Å². The number of nitrogens with zero attached hydrogens (tertiary/aromatic N) is 4. The molecule has 0 atom stereocenters. The lowest BCUT2D eigenvalue weighted by Gasteiger charge is -2.09. The number of amides is 1. The predicted octanol–water partition coefficient (Wildman–Crippen LogP) is 4.11. The molecule has 0 saturated heterocycles. The van der Waals surface area contributed by atoms with Gasteiger partial charge in [-0.1, -0.05) is 23.7 Å². The third kappa shape index (κ3) is 3.99. The largest absolute Gasteiger partial charge is 0.324 e. The van der Waals surface area contributed by atoms with Gasteiger partial charge in [0.15, 0.2) is 0 Å². The maximum Gasteiger partial charge on any atom is 0.246 e. The first kappa shape index (κ1) is 18.7. The van der Waals surface area contributed by atoms with E-state index in [0.29, 0.717) is 11.6 Å². The maximum absolute atomic E-state index is 12.3. The molecule has 0 saturated carbocycles. The lowest BCUT2D eigenvalue weighted by molar-refractivity contribution is -0.116. The highest BCUT2D eigenvalue weighted by Gasteiger charge is 2.11. The third-order valence-electron chi connectivity index (χ3n) is 4.17. The Hall–Kier alpha value is -2.12. The summed E-state index contributed by atoms with van der Waals surface area (Å²) in [5, 5.41) is 12.1. The van der Waals surface area contributed by atoms with Crippen molar-refractivity contribution in [3.05, 3.63) is 62.6 Å². The van der Waals surface area contributed by atoms with Crippen LogP contribution in [-0.2, 0) is 17.9 Å². The zero-order valence-electron chi connectivity index (χ0n) is 14.8. The number of hydrogen-bond donors (Lipinski definition) is 1. The average molecular weight is 437 g/mol. The first-order chi connectivity index (χ1) is 12.3. The maximum atomic E-state index is 12.3. The molecule has 8 heteroatoms. The van der Waals surface area contributed by atoms with Crippen LogP contribution >= 0.6 is 27.5 Å². The average Bonchev–Trinajstić information content (AvgIpc) is 3.03. The number of carbonyl (C=O) groups excluding carboxylic acids is 1. The molecular formula is C18H19BrClN5O. The van der Waals surface area contributed by atoms with Crippen LogP contribution in [0.15, 0.2) is 34.9 Å². The summed E-state index contributed by atoms with van der Waals surface area (Å²) in [4.78, 5) is 12.3. The molecule has 0 aliphatic carbocycles. The van der Waals surface area contributed by atoms with Crippen LogP contribution in [0.4, 0.5) is 5.69 Å². The fourth-order valence-corrected chi connectivity index (χ4v) is 3.09. The number of hydrogen-bond acceptors (Lipinski definition) is 3. The Morgan fingerprint density at radius 2 is 2.00 bits per heavy atom. The Balaban J connectivity index is 1.70. The summed E-state index contributed by atoms with van der Waals surface area (Å²) in [5.41, 5.74) is 4.59. The number of carbonyl (C=O) groups is 1. The summed E-state index contributed by atoms with van der Waals surface area (Å²) in [6.45, 7) is 6.57. The Bertz CT molecular complexity index is 963. The molecule has 6 nitrogen and oxygen atoms in total. The minimum Gasteiger partial charge on any atom is -0.324 e. The Kier molecular flexibility index (Phi) is 5.48. The van der Waals surface area contributed by atoms with Crippen LogP contribution in [0, 0.1) is 20.8 Å². The predicted molar refractivity (Wildman–Crippen MR) is 106 cm³/mol. The van der Waals surface area contributed by atoms with Crippen molar-refractivity contribution in [2.75, 3.05) is 5.32 Å². The van der Waals surface area contributed by atoms with E-state index in [4.69, 9.17) is 11.6 Å². The second kappa shape index (κ2) is 7.63. The third-order valence-corrected chi connectivity index (χ3v) is 5.69. The lowest BCUT2D eigenvalue weighted by atomic mass is 10.2. The lowest BCUT2D eigenvalue weighted by Crippen LogP contribution is -2.20. The van der Waals surface area contributed by atoms with Crippen molar-refractivity contribution in [3.63, 3.8) is 0 Å². The molecule has 1 N–H and O–H groups in total. The summed E-state index contributed by atoms with van der Waals surface area (Å²) >= 11 is 9.51. The van der Waals surface area contributed by atoms with Crippen LogP contribution < -0.4 is 5.32 Å². The van der Waals surface area contributed by atoms with Crippen molar-refractivity contribution in [2.45, 2.75) is 33.9 Å². The summed E-state index contributed by atoms with van der Waals surface area (Å²) < 4.78 is 4.54. The fraction of sp³-hybridized carbons (Fsp3) is 0.278. The molecule has 0 fully saturated rings. The van der Waals surface area contributed by atoms with Gasteiger partial charge in [-0.15, -0.1) is 0 Å². The number of benzene rings is 1.